The molecule has 0 fully saturated rings. The number of rotatable bonds is 5. The summed E-state index contributed by atoms with van der Waals surface area (Å²) < 4.78 is 0. The van der Waals surface area contributed by atoms with E-state index >= 15 is 0 Å². The van der Waals surface area contributed by atoms with Crippen molar-refractivity contribution in [1.82, 2.24) is 0 Å². The number of hydrogen-bond acceptors (Lipinski definition) is 3. The monoisotopic (exact) mass is 364 g/mol. The average Bonchev–Trinajstić information content (AvgIpc) is 2.62. The maximum absolute atomic E-state index is 12.5. The van der Waals surface area contributed by atoms with E-state index in [4.69, 9.17) is 0 Å². The fourth-order valence-corrected chi connectivity index (χ4v) is 3.46. The van der Waals surface area contributed by atoms with Gasteiger partial charge in [-0.2, -0.15) is 0 Å². The summed E-state index contributed by atoms with van der Waals surface area (Å²) in [7, 11) is 0. The molecule has 2 amide bonds. The van der Waals surface area contributed by atoms with Crippen molar-refractivity contribution in [2.75, 3.05) is 10.6 Å². The van der Waals surface area contributed by atoms with Gasteiger partial charge < -0.3 is 10.6 Å². The molecule has 3 aromatic rings. The molecule has 0 aliphatic rings. The smallest absolute Gasteiger partial charge is 0.237 e. The van der Waals surface area contributed by atoms with Gasteiger partial charge in [-0.1, -0.05) is 30.3 Å². The molecule has 26 heavy (non-hydrogen) atoms. The Kier molecular flexibility index (Phi) is 5.58. The summed E-state index contributed by atoms with van der Waals surface area (Å²) in [6.07, 6.45) is 0. The molecule has 0 aliphatic carbocycles. The van der Waals surface area contributed by atoms with Crippen molar-refractivity contribution in [2.45, 2.75) is 24.0 Å². The quantitative estimate of drug-likeness (QED) is 0.632. The molecule has 5 heteroatoms. The van der Waals surface area contributed by atoms with Crippen LogP contribution < -0.4 is 10.6 Å². The fraction of sp³-hybridized carbons (Fsp3) is 0.143. The van der Waals surface area contributed by atoms with Crippen LogP contribution in [0.3, 0.4) is 0 Å². The highest BCUT2D eigenvalue weighted by Crippen LogP contribution is 2.26. The molecule has 4 nitrogen and oxygen atoms in total. The minimum absolute atomic E-state index is 0.0452. The molecule has 3 aromatic carbocycles. The van der Waals surface area contributed by atoms with Gasteiger partial charge in [0.25, 0.3) is 0 Å². The Morgan fingerprint density at radius 2 is 1.50 bits per heavy atom. The van der Waals surface area contributed by atoms with E-state index < -0.39 is 0 Å². The van der Waals surface area contributed by atoms with Crippen molar-refractivity contribution >= 4 is 45.7 Å². The summed E-state index contributed by atoms with van der Waals surface area (Å²) in [6.45, 7) is 3.35. The number of benzene rings is 3. The molecule has 0 saturated carbocycles. The predicted molar refractivity (Wildman–Crippen MR) is 109 cm³/mol. The first-order chi connectivity index (χ1) is 12.5. The van der Waals surface area contributed by atoms with Crippen LogP contribution in [0.2, 0.25) is 0 Å². The second kappa shape index (κ2) is 8.06. The van der Waals surface area contributed by atoms with Crippen molar-refractivity contribution in [3.05, 3.63) is 66.7 Å². The van der Waals surface area contributed by atoms with Crippen LogP contribution in [0.15, 0.2) is 71.6 Å². The van der Waals surface area contributed by atoms with Gasteiger partial charge in [-0.05, 0) is 54.1 Å². The molecule has 0 heterocycles. The number of carbonyl (C=O) groups is 2. The van der Waals surface area contributed by atoms with Gasteiger partial charge in [0.1, 0.15) is 0 Å². The molecule has 3 rings (SSSR count). The van der Waals surface area contributed by atoms with Crippen LogP contribution in [0.1, 0.15) is 13.8 Å². The molecule has 0 radical (unpaired) electrons. The van der Waals surface area contributed by atoms with Crippen LogP contribution in [0.5, 0.6) is 0 Å². The van der Waals surface area contributed by atoms with Gasteiger partial charge in [0.15, 0.2) is 0 Å². The van der Waals surface area contributed by atoms with Gasteiger partial charge in [-0.15, -0.1) is 11.8 Å². The second-order valence-electron chi connectivity index (χ2n) is 6.02. The SMILES string of the molecule is CC(=O)Nc1ccc(S[C@H](C)C(=O)Nc2ccc3ccccc3c2)cc1. The van der Waals surface area contributed by atoms with E-state index in [9.17, 15) is 9.59 Å². The minimum atomic E-state index is -0.243. The largest absolute Gasteiger partial charge is 0.326 e. The number of nitrogens with one attached hydrogen (secondary N) is 2. The zero-order valence-corrected chi connectivity index (χ0v) is 15.5. The molecular formula is C21H20N2O2S. The molecule has 1 atom stereocenters. The molecule has 0 saturated heterocycles. The molecular weight excluding hydrogens is 344 g/mol. The van der Waals surface area contributed by atoms with Gasteiger partial charge in [0.05, 0.1) is 5.25 Å². The van der Waals surface area contributed by atoms with E-state index in [0.29, 0.717) is 0 Å². The van der Waals surface area contributed by atoms with Gasteiger partial charge in [0.2, 0.25) is 11.8 Å². The van der Waals surface area contributed by atoms with Crippen LogP contribution in [0, 0.1) is 0 Å². The Hall–Kier alpha value is -2.79. The first-order valence-electron chi connectivity index (χ1n) is 8.35. The molecule has 0 aliphatic heterocycles. The molecule has 0 aromatic heterocycles. The lowest BCUT2D eigenvalue weighted by molar-refractivity contribution is -0.115. The third-order valence-corrected chi connectivity index (χ3v) is 4.99. The number of anilines is 2. The standard InChI is InChI=1S/C21H20N2O2S/c1-14(26-20-11-9-18(10-12-20)22-15(2)24)21(25)23-19-8-7-16-5-3-4-6-17(16)13-19/h3-14H,1-2H3,(H,22,24)(H,23,25)/t14-/m1/s1. The Morgan fingerprint density at radius 1 is 0.846 bits per heavy atom. The first kappa shape index (κ1) is 18.0. The molecule has 132 valence electrons. The summed E-state index contributed by atoms with van der Waals surface area (Å²) in [4.78, 5) is 24.5. The Morgan fingerprint density at radius 3 is 2.19 bits per heavy atom. The number of amides is 2. The highest BCUT2D eigenvalue weighted by molar-refractivity contribution is 8.00. The third-order valence-electron chi connectivity index (χ3n) is 3.87. The van der Waals surface area contributed by atoms with Gasteiger partial charge in [0, 0.05) is 23.2 Å². The van der Waals surface area contributed by atoms with E-state index in [2.05, 4.69) is 10.6 Å². The van der Waals surface area contributed by atoms with E-state index in [1.54, 1.807) is 0 Å². The summed E-state index contributed by atoms with van der Waals surface area (Å²) >= 11 is 1.48. The topological polar surface area (TPSA) is 58.2 Å². The number of thioether (sulfide) groups is 1. The van der Waals surface area contributed by atoms with Gasteiger partial charge in [-0.3, -0.25) is 9.59 Å². The Balaban J connectivity index is 1.62. The van der Waals surface area contributed by atoms with E-state index in [0.717, 1.165) is 27.0 Å². The van der Waals surface area contributed by atoms with Crippen LogP contribution in [-0.4, -0.2) is 17.1 Å². The van der Waals surface area contributed by atoms with Crippen LogP contribution in [0.25, 0.3) is 10.8 Å². The summed E-state index contributed by atoms with van der Waals surface area (Å²) in [5.41, 5.74) is 1.54. The van der Waals surface area contributed by atoms with Gasteiger partial charge in [-0.25, -0.2) is 0 Å². The molecule has 0 unspecified atom stereocenters. The van der Waals surface area contributed by atoms with Crippen molar-refractivity contribution in [3.63, 3.8) is 0 Å². The van der Waals surface area contributed by atoms with Crippen LogP contribution >= 0.6 is 11.8 Å². The van der Waals surface area contributed by atoms with E-state index in [-0.39, 0.29) is 17.1 Å². The van der Waals surface area contributed by atoms with E-state index in [1.807, 2.05) is 73.7 Å². The highest BCUT2D eigenvalue weighted by atomic mass is 32.2. The third kappa shape index (κ3) is 4.64. The summed E-state index contributed by atoms with van der Waals surface area (Å²) in [5.74, 6) is -0.148. The van der Waals surface area contributed by atoms with E-state index in [1.165, 1.54) is 18.7 Å². The van der Waals surface area contributed by atoms with Crippen molar-refractivity contribution in [1.29, 1.82) is 0 Å². The lowest BCUT2D eigenvalue weighted by Gasteiger charge is -2.13. The zero-order valence-electron chi connectivity index (χ0n) is 14.7. The summed E-state index contributed by atoms with van der Waals surface area (Å²) in [6, 6.07) is 21.4. The Bertz CT molecular complexity index is 938. The van der Waals surface area contributed by atoms with Crippen molar-refractivity contribution in [3.8, 4) is 0 Å². The van der Waals surface area contributed by atoms with Crippen molar-refractivity contribution < 1.29 is 9.59 Å². The Labute approximate surface area is 157 Å². The van der Waals surface area contributed by atoms with Crippen LogP contribution in [0.4, 0.5) is 11.4 Å². The van der Waals surface area contributed by atoms with Gasteiger partial charge >= 0.3 is 0 Å². The lowest BCUT2D eigenvalue weighted by atomic mass is 10.1. The zero-order chi connectivity index (χ0) is 18.5. The maximum atomic E-state index is 12.5. The first-order valence-corrected chi connectivity index (χ1v) is 9.23. The van der Waals surface area contributed by atoms with Crippen molar-refractivity contribution in [2.24, 2.45) is 0 Å². The average molecular weight is 364 g/mol. The minimum Gasteiger partial charge on any atom is -0.326 e. The highest BCUT2D eigenvalue weighted by Gasteiger charge is 2.15. The number of hydrogen-bond donors (Lipinski definition) is 2. The lowest BCUT2D eigenvalue weighted by Crippen LogP contribution is -2.22. The molecule has 0 spiro atoms. The normalized spacial score (nSPS) is 11.8. The summed E-state index contributed by atoms with van der Waals surface area (Å²) in [5, 5.41) is 7.70. The number of carbonyl (C=O) groups excluding carboxylic acids is 2. The second-order valence-corrected chi connectivity index (χ2v) is 7.43. The fourth-order valence-electron chi connectivity index (χ4n) is 2.59. The molecule has 2 N–H and O–H groups in total. The maximum Gasteiger partial charge on any atom is 0.237 e. The molecule has 0 bridgehead atoms. The predicted octanol–water partition coefficient (Wildman–Crippen LogP) is 4.92. The number of fused-ring (bicyclic) bond motifs is 1. The van der Waals surface area contributed by atoms with Crippen LogP contribution in [-0.2, 0) is 9.59 Å².